The molecule has 0 aliphatic heterocycles. The largest absolute Gasteiger partial charge is 0.469 e. The van der Waals surface area contributed by atoms with Crippen molar-refractivity contribution in [3.63, 3.8) is 0 Å². The third-order valence-electron chi connectivity index (χ3n) is 4.20. The van der Waals surface area contributed by atoms with Crippen molar-refractivity contribution in [2.45, 2.75) is 19.8 Å². The van der Waals surface area contributed by atoms with Gasteiger partial charge >= 0.3 is 11.9 Å². The highest BCUT2D eigenvalue weighted by Gasteiger charge is 2.58. The molecule has 1 aliphatic carbocycles. The van der Waals surface area contributed by atoms with Gasteiger partial charge in [-0.1, -0.05) is 13.0 Å². The van der Waals surface area contributed by atoms with Gasteiger partial charge in [0.1, 0.15) is 5.92 Å². The van der Waals surface area contributed by atoms with Crippen LogP contribution in [0.4, 0.5) is 0 Å². The number of ether oxygens (including phenoxy) is 2. The molecule has 0 aromatic carbocycles. The van der Waals surface area contributed by atoms with Crippen LogP contribution in [-0.2, 0) is 19.1 Å². The SMILES string of the molecule is COC(=O)CC1=C[C@](C)(CC(=O)OC)C(C#N)(C#N)C(=N)[C@@H]1C#N. The molecule has 0 aromatic rings. The van der Waals surface area contributed by atoms with Crippen molar-refractivity contribution in [1.82, 2.24) is 0 Å². The molecule has 0 saturated carbocycles. The number of rotatable bonds is 4. The lowest BCUT2D eigenvalue weighted by Crippen LogP contribution is -2.50. The van der Waals surface area contributed by atoms with Crippen molar-refractivity contribution < 1.29 is 19.1 Å². The number of nitriles is 3. The molecule has 2 atom stereocenters. The molecule has 0 spiro atoms. The van der Waals surface area contributed by atoms with Crippen LogP contribution in [0, 0.1) is 56.2 Å². The highest BCUT2D eigenvalue weighted by molar-refractivity contribution is 6.01. The quantitative estimate of drug-likeness (QED) is 0.603. The Kier molecular flexibility index (Phi) is 5.45. The van der Waals surface area contributed by atoms with Gasteiger partial charge < -0.3 is 14.9 Å². The highest BCUT2D eigenvalue weighted by Crippen LogP contribution is 2.51. The zero-order chi connectivity index (χ0) is 18.5. The van der Waals surface area contributed by atoms with E-state index in [-0.39, 0.29) is 18.4 Å². The Balaban J connectivity index is 3.62. The number of allylic oxidation sites excluding steroid dienone is 1. The number of esters is 2. The van der Waals surface area contributed by atoms with Gasteiger partial charge in [-0.3, -0.25) is 9.59 Å². The van der Waals surface area contributed by atoms with Crippen molar-refractivity contribution in [1.29, 1.82) is 21.2 Å². The van der Waals surface area contributed by atoms with E-state index >= 15 is 0 Å². The van der Waals surface area contributed by atoms with E-state index in [2.05, 4.69) is 9.47 Å². The Morgan fingerprint density at radius 1 is 1.21 bits per heavy atom. The molecule has 8 heteroatoms. The summed E-state index contributed by atoms with van der Waals surface area (Å²) < 4.78 is 9.19. The Morgan fingerprint density at radius 3 is 2.17 bits per heavy atom. The second-order valence-corrected chi connectivity index (χ2v) is 5.59. The number of carbonyl (C=O) groups is 2. The van der Waals surface area contributed by atoms with E-state index in [0.717, 1.165) is 7.11 Å². The second-order valence-electron chi connectivity index (χ2n) is 5.59. The van der Waals surface area contributed by atoms with Crippen molar-refractivity contribution in [2.75, 3.05) is 14.2 Å². The first-order chi connectivity index (χ1) is 11.2. The van der Waals surface area contributed by atoms with Crippen LogP contribution < -0.4 is 0 Å². The van der Waals surface area contributed by atoms with E-state index in [1.165, 1.54) is 20.1 Å². The van der Waals surface area contributed by atoms with E-state index in [0.29, 0.717) is 0 Å². The fraction of sp³-hybridized carbons (Fsp3) is 0.500. The van der Waals surface area contributed by atoms with Gasteiger partial charge in [-0.2, -0.15) is 15.8 Å². The molecule has 24 heavy (non-hydrogen) atoms. The van der Waals surface area contributed by atoms with Crippen LogP contribution in [0.25, 0.3) is 0 Å². The van der Waals surface area contributed by atoms with E-state index in [1.54, 1.807) is 12.1 Å². The first-order valence-corrected chi connectivity index (χ1v) is 6.91. The van der Waals surface area contributed by atoms with Crippen LogP contribution in [0.1, 0.15) is 19.8 Å². The predicted molar refractivity (Wildman–Crippen MR) is 79.9 cm³/mol. The van der Waals surface area contributed by atoms with E-state index in [9.17, 15) is 25.4 Å². The predicted octanol–water partition coefficient (Wildman–Crippen LogP) is 1.25. The molecule has 0 bridgehead atoms. The van der Waals surface area contributed by atoms with Gasteiger partial charge in [0, 0.05) is 5.41 Å². The van der Waals surface area contributed by atoms with Gasteiger partial charge in [-0.15, -0.1) is 0 Å². The first-order valence-electron chi connectivity index (χ1n) is 6.91. The Labute approximate surface area is 139 Å². The minimum Gasteiger partial charge on any atom is -0.469 e. The van der Waals surface area contributed by atoms with Gasteiger partial charge in [0.25, 0.3) is 0 Å². The fourth-order valence-corrected chi connectivity index (χ4v) is 2.81. The molecule has 0 fully saturated rings. The van der Waals surface area contributed by atoms with E-state index in [4.69, 9.17) is 5.41 Å². The van der Waals surface area contributed by atoms with Gasteiger partial charge in [0.05, 0.1) is 51.0 Å². The van der Waals surface area contributed by atoms with E-state index in [1.807, 2.05) is 6.07 Å². The highest BCUT2D eigenvalue weighted by atomic mass is 16.5. The maximum absolute atomic E-state index is 11.8. The van der Waals surface area contributed by atoms with Gasteiger partial charge in [0.15, 0.2) is 5.41 Å². The first kappa shape index (κ1) is 18.9. The number of nitrogens with one attached hydrogen (secondary N) is 1. The van der Waals surface area contributed by atoms with Crippen molar-refractivity contribution in [3.05, 3.63) is 11.6 Å². The third-order valence-corrected chi connectivity index (χ3v) is 4.20. The minimum atomic E-state index is -2.01. The maximum atomic E-state index is 11.8. The molecule has 0 aromatic heterocycles. The molecule has 0 amide bonds. The number of methoxy groups -OCH3 is 2. The molecular weight excluding hydrogens is 312 g/mol. The van der Waals surface area contributed by atoms with Crippen molar-refractivity contribution in [2.24, 2.45) is 16.7 Å². The average molecular weight is 328 g/mol. The zero-order valence-corrected chi connectivity index (χ0v) is 13.5. The Hall–Kier alpha value is -3.18. The lowest BCUT2D eigenvalue weighted by Gasteiger charge is -2.42. The summed E-state index contributed by atoms with van der Waals surface area (Å²) in [6, 6.07) is 5.41. The summed E-state index contributed by atoms with van der Waals surface area (Å²) >= 11 is 0. The van der Waals surface area contributed by atoms with Crippen molar-refractivity contribution >= 4 is 17.7 Å². The summed E-state index contributed by atoms with van der Waals surface area (Å²) in [4.78, 5) is 23.3. The summed E-state index contributed by atoms with van der Waals surface area (Å²) in [5.74, 6) is -2.52. The van der Waals surface area contributed by atoms with Crippen LogP contribution in [0.5, 0.6) is 0 Å². The van der Waals surface area contributed by atoms with Gasteiger partial charge in [0.2, 0.25) is 0 Å². The van der Waals surface area contributed by atoms with Crippen LogP contribution in [0.2, 0.25) is 0 Å². The lowest BCUT2D eigenvalue weighted by atomic mass is 9.54. The standard InChI is InChI=1S/C16H16N4O4/c1-15(6-13(22)24-3)5-10(4-12(21)23-2)11(7-17)14(20)16(15,8-18)9-19/h5,11,20H,4,6H2,1-3H3/t11-,15-/m1/s1. The van der Waals surface area contributed by atoms with E-state index < -0.39 is 34.4 Å². The Bertz CT molecular complexity index is 721. The smallest absolute Gasteiger partial charge is 0.309 e. The molecule has 1 rings (SSSR count). The van der Waals surface area contributed by atoms with Gasteiger partial charge in [-0.05, 0) is 5.57 Å². The zero-order valence-electron chi connectivity index (χ0n) is 13.5. The average Bonchev–Trinajstić information content (AvgIpc) is 2.55. The summed E-state index contributed by atoms with van der Waals surface area (Å²) in [6.45, 7) is 1.45. The van der Waals surface area contributed by atoms with Crippen LogP contribution >= 0.6 is 0 Å². The summed E-state index contributed by atoms with van der Waals surface area (Å²) in [6.07, 6.45) is 0.760. The topological polar surface area (TPSA) is 148 Å². The normalized spacial score (nSPS) is 24.6. The molecular formula is C16H16N4O4. The molecule has 124 valence electrons. The number of hydrogen-bond donors (Lipinski definition) is 1. The molecule has 0 radical (unpaired) electrons. The summed E-state index contributed by atoms with van der Waals surface area (Å²) in [7, 11) is 2.35. The van der Waals surface area contributed by atoms with Crippen LogP contribution in [0.15, 0.2) is 11.6 Å². The molecule has 1 aliphatic rings. The molecule has 8 nitrogen and oxygen atoms in total. The number of carbonyl (C=O) groups excluding carboxylic acids is 2. The summed E-state index contributed by atoms with van der Waals surface area (Å²) in [5, 5.41) is 36.7. The third kappa shape index (κ3) is 2.85. The molecule has 0 heterocycles. The minimum absolute atomic E-state index is 0.224. The fourth-order valence-electron chi connectivity index (χ4n) is 2.81. The molecule has 0 unspecified atom stereocenters. The maximum Gasteiger partial charge on any atom is 0.309 e. The molecule has 1 N–H and O–H groups in total. The lowest BCUT2D eigenvalue weighted by molar-refractivity contribution is -0.143. The number of hydrogen-bond acceptors (Lipinski definition) is 8. The summed E-state index contributed by atoms with van der Waals surface area (Å²) in [5.41, 5.74) is -3.66. The van der Waals surface area contributed by atoms with Crippen LogP contribution in [-0.4, -0.2) is 31.9 Å². The van der Waals surface area contributed by atoms with Crippen LogP contribution in [0.3, 0.4) is 0 Å². The van der Waals surface area contributed by atoms with Crippen molar-refractivity contribution in [3.8, 4) is 18.2 Å². The van der Waals surface area contributed by atoms with Gasteiger partial charge in [-0.25, -0.2) is 0 Å². The molecule has 0 saturated heterocycles. The number of nitrogens with zero attached hydrogens (tertiary/aromatic N) is 3. The Morgan fingerprint density at radius 2 is 1.75 bits per heavy atom. The monoisotopic (exact) mass is 328 g/mol. The second kappa shape index (κ2) is 6.93.